The zero-order valence-corrected chi connectivity index (χ0v) is 10.9. The molecule has 2 heteroatoms. The molecule has 1 aromatic carbocycles. The summed E-state index contributed by atoms with van der Waals surface area (Å²) in [6, 6.07) is 5.93. The first kappa shape index (κ1) is 10.9. The summed E-state index contributed by atoms with van der Waals surface area (Å²) in [5.74, 6) is 0.223. The van der Waals surface area contributed by atoms with Crippen molar-refractivity contribution in [1.29, 1.82) is 0 Å². The fourth-order valence-electron chi connectivity index (χ4n) is 1.87. The van der Waals surface area contributed by atoms with Crippen LogP contribution in [0, 0.1) is 10.5 Å². The molecular formula is C13H13IO. The van der Waals surface area contributed by atoms with Gasteiger partial charge in [0.15, 0.2) is 5.78 Å². The fourth-order valence-corrected chi connectivity index (χ4v) is 2.48. The summed E-state index contributed by atoms with van der Waals surface area (Å²) in [7, 11) is 0. The van der Waals surface area contributed by atoms with Gasteiger partial charge in [-0.3, -0.25) is 4.79 Å². The van der Waals surface area contributed by atoms with Crippen LogP contribution in [0.5, 0.6) is 0 Å². The highest BCUT2D eigenvalue weighted by atomic mass is 127. The maximum Gasteiger partial charge on any atom is 0.189 e. The summed E-state index contributed by atoms with van der Waals surface area (Å²) in [5, 5.41) is 0. The van der Waals surface area contributed by atoms with Crippen molar-refractivity contribution in [2.45, 2.75) is 26.2 Å². The van der Waals surface area contributed by atoms with Gasteiger partial charge in [-0.1, -0.05) is 18.2 Å². The molecule has 0 radical (unpaired) electrons. The van der Waals surface area contributed by atoms with Crippen molar-refractivity contribution in [2.75, 3.05) is 0 Å². The molecule has 0 atom stereocenters. The second-order valence-corrected chi connectivity index (χ2v) is 4.97. The van der Waals surface area contributed by atoms with Crippen LogP contribution in [0.15, 0.2) is 29.8 Å². The van der Waals surface area contributed by atoms with Crippen molar-refractivity contribution in [3.05, 3.63) is 44.5 Å². The number of aryl methyl sites for hydroxylation is 1. The van der Waals surface area contributed by atoms with Crippen LogP contribution in [0.4, 0.5) is 0 Å². The number of Topliss-reactive ketones (excluding diaryl/α,β-unsaturated/α-hetero) is 1. The fraction of sp³-hybridized carbons (Fsp3) is 0.308. The minimum atomic E-state index is 0.223. The van der Waals surface area contributed by atoms with Crippen molar-refractivity contribution in [3.63, 3.8) is 0 Å². The van der Waals surface area contributed by atoms with E-state index in [2.05, 4.69) is 28.7 Å². The summed E-state index contributed by atoms with van der Waals surface area (Å²) >= 11 is 2.26. The van der Waals surface area contributed by atoms with Gasteiger partial charge in [-0.05, 0) is 66.0 Å². The zero-order valence-electron chi connectivity index (χ0n) is 8.72. The first-order valence-electron chi connectivity index (χ1n) is 5.19. The van der Waals surface area contributed by atoms with Crippen molar-refractivity contribution < 1.29 is 4.79 Å². The van der Waals surface area contributed by atoms with Crippen LogP contribution in [-0.4, -0.2) is 5.78 Å². The first-order valence-corrected chi connectivity index (χ1v) is 6.27. The van der Waals surface area contributed by atoms with Crippen LogP contribution in [0.1, 0.15) is 35.2 Å². The highest BCUT2D eigenvalue weighted by Gasteiger charge is 2.17. The average Bonchev–Trinajstić information content (AvgIpc) is 2.74. The van der Waals surface area contributed by atoms with Gasteiger partial charge in [0.1, 0.15) is 0 Å². The molecule has 1 nitrogen and oxygen atoms in total. The monoisotopic (exact) mass is 312 g/mol. The smallest absolute Gasteiger partial charge is 0.189 e. The highest BCUT2D eigenvalue weighted by Crippen LogP contribution is 2.25. The van der Waals surface area contributed by atoms with E-state index in [0.29, 0.717) is 0 Å². The van der Waals surface area contributed by atoms with E-state index >= 15 is 0 Å². The molecule has 0 fully saturated rings. The number of rotatable bonds is 2. The van der Waals surface area contributed by atoms with E-state index in [1.165, 1.54) is 5.56 Å². The molecule has 0 aliphatic heterocycles. The topological polar surface area (TPSA) is 17.1 Å². The maximum absolute atomic E-state index is 12.1. The van der Waals surface area contributed by atoms with E-state index < -0.39 is 0 Å². The minimum absolute atomic E-state index is 0.223. The summed E-state index contributed by atoms with van der Waals surface area (Å²) in [5.41, 5.74) is 3.04. The molecule has 0 saturated carbocycles. The second-order valence-electron chi connectivity index (χ2n) is 3.89. The molecule has 1 aliphatic carbocycles. The van der Waals surface area contributed by atoms with Gasteiger partial charge in [-0.2, -0.15) is 0 Å². The Morgan fingerprint density at radius 1 is 1.40 bits per heavy atom. The molecule has 0 unspecified atom stereocenters. The third-order valence-electron chi connectivity index (χ3n) is 2.77. The second kappa shape index (κ2) is 4.47. The number of carbonyl (C=O) groups is 1. The molecule has 2 rings (SSSR count). The Hall–Kier alpha value is -0.640. The Balaban J connectivity index is 2.37. The lowest BCUT2D eigenvalue weighted by molar-refractivity contribution is 0.103. The van der Waals surface area contributed by atoms with Gasteiger partial charge in [-0.15, -0.1) is 0 Å². The molecule has 0 saturated heterocycles. The van der Waals surface area contributed by atoms with Gasteiger partial charge in [0.2, 0.25) is 0 Å². The molecule has 0 heterocycles. The highest BCUT2D eigenvalue weighted by molar-refractivity contribution is 14.1. The number of allylic oxidation sites excluding steroid dienone is 2. The van der Waals surface area contributed by atoms with Crippen molar-refractivity contribution in [1.82, 2.24) is 0 Å². The van der Waals surface area contributed by atoms with Crippen molar-refractivity contribution in [2.24, 2.45) is 0 Å². The Labute approximate surface area is 104 Å². The minimum Gasteiger partial charge on any atom is -0.289 e. The summed E-state index contributed by atoms with van der Waals surface area (Å²) in [6.45, 7) is 2.04. The third-order valence-corrected chi connectivity index (χ3v) is 4.20. The normalized spacial score (nSPS) is 15.2. The van der Waals surface area contributed by atoms with E-state index in [1.54, 1.807) is 0 Å². The SMILES string of the molecule is Cc1cccc(C(=O)C2=CCCC2)c1I. The van der Waals surface area contributed by atoms with Crippen LogP contribution in [-0.2, 0) is 0 Å². The molecule has 0 N–H and O–H groups in total. The Kier molecular flexibility index (Phi) is 3.24. The predicted molar refractivity (Wildman–Crippen MR) is 70.2 cm³/mol. The number of hydrogen-bond acceptors (Lipinski definition) is 1. The molecular weight excluding hydrogens is 299 g/mol. The summed E-state index contributed by atoms with van der Waals surface area (Å²) in [4.78, 5) is 12.1. The lowest BCUT2D eigenvalue weighted by Gasteiger charge is -2.06. The largest absolute Gasteiger partial charge is 0.289 e. The lowest BCUT2D eigenvalue weighted by atomic mass is 10.0. The van der Waals surface area contributed by atoms with Gasteiger partial charge in [0, 0.05) is 9.13 Å². The number of ketones is 1. The van der Waals surface area contributed by atoms with Gasteiger partial charge in [-0.25, -0.2) is 0 Å². The quantitative estimate of drug-likeness (QED) is 0.598. The number of benzene rings is 1. The van der Waals surface area contributed by atoms with Crippen molar-refractivity contribution >= 4 is 28.4 Å². The maximum atomic E-state index is 12.1. The Morgan fingerprint density at radius 3 is 2.87 bits per heavy atom. The van der Waals surface area contributed by atoms with Gasteiger partial charge in [0.05, 0.1) is 0 Å². The Bertz CT molecular complexity index is 432. The van der Waals surface area contributed by atoms with Gasteiger partial charge in [0.25, 0.3) is 0 Å². The van der Waals surface area contributed by atoms with E-state index in [9.17, 15) is 4.79 Å². The van der Waals surface area contributed by atoms with Crippen molar-refractivity contribution in [3.8, 4) is 0 Å². The number of carbonyl (C=O) groups excluding carboxylic acids is 1. The number of halogens is 1. The number of hydrogen-bond donors (Lipinski definition) is 0. The average molecular weight is 312 g/mol. The molecule has 0 bridgehead atoms. The summed E-state index contributed by atoms with van der Waals surface area (Å²) < 4.78 is 1.09. The van der Waals surface area contributed by atoms with E-state index in [0.717, 1.165) is 34.0 Å². The van der Waals surface area contributed by atoms with Crippen LogP contribution in [0.2, 0.25) is 0 Å². The van der Waals surface area contributed by atoms with Gasteiger partial charge < -0.3 is 0 Å². The first-order chi connectivity index (χ1) is 7.20. The third kappa shape index (κ3) is 2.14. The molecule has 15 heavy (non-hydrogen) atoms. The lowest BCUT2D eigenvalue weighted by Crippen LogP contribution is -2.04. The Morgan fingerprint density at radius 2 is 2.20 bits per heavy atom. The van der Waals surface area contributed by atoms with E-state index in [4.69, 9.17) is 0 Å². The molecule has 0 aromatic heterocycles. The zero-order chi connectivity index (χ0) is 10.8. The molecule has 0 amide bonds. The van der Waals surface area contributed by atoms with E-state index in [1.807, 2.05) is 25.1 Å². The van der Waals surface area contributed by atoms with E-state index in [-0.39, 0.29) is 5.78 Å². The van der Waals surface area contributed by atoms with Crippen LogP contribution in [0.3, 0.4) is 0 Å². The van der Waals surface area contributed by atoms with Crippen LogP contribution >= 0.6 is 22.6 Å². The molecule has 78 valence electrons. The molecule has 1 aromatic rings. The standard InChI is InChI=1S/C13H13IO/c1-9-5-4-8-11(12(9)14)13(15)10-6-2-3-7-10/h4-6,8H,2-3,7H2,1H3. The molecule has 1 aliphatic rings. The van der Waals surface area contributed by atoms with Crippen LogP contribution < -0.4 is 0 Å². The molecule has 0 spiro atoms. The summed E-state index contributed by atoms with van der Waals surface area (Å²) in [6.07, 6.45) is 5.22. The predicted octanol–water partition coefficient (Wildman–Crippen LogP) is 3.89. The van der Waals surface area contributed by atoms with Crippen LogP contribution in [0.25, 0.3) is 0 Å². The van der Waals surface area contributed by atoms with Gasteiger partial charge >= 0.3 is 0 Å².